The van der Waals surface area contributed by atoms with E-state index in [1.165, 1.54) is 31.2 Å². The summed E-state index contributed by atoms with van der Waals surface area (Å²) in [6.07, 6.45) is -5.14. The minimum absolute atomic E-state index is 0.149. The topological polar surface area (TPSA) is 71.2 Å². The summed E-state index contributed by atoms with van der Waals surface area (Å²) in [6, 6.07) is 5.62. The SMILES string of the molecule is CCOC(=O)/C(N=Nc1ccc(Cl)cc1)=C(/O)C(F)(F)F. The fourth-order valence-electron chi connectivity index (χ4n) is 1.13. The maximum Gasteiger partial charge on any atom is 0.451 e. The Hall–Kier alpha value is -2.09. The number of azo groups is 1. The van der Waals surface area contributed by atoms with E-state index in [1.54, 1.807) is 0 Å². The van der Waals surface area contributed by atoms with Crippen molar-refractivity contribution in [1.82, 2.24) is 0 Å². The molecule has 0 radical (unpaired) electrons. The first-order valence-electron chi connectivity index (χ1n) is 5.60. The number of hydrogen-bond acceptors (Lipinski definition) is 5. The first-order chi connectivity index (χ1) is 9.75. The molecule has 0 aliphatic heterocycles. The van der Waals surface area contributed by atoms with Crippen LogP contribution >= 0.6 is 11.6 Å². The molecule has 0 aliphatic rings. The van der Waals surface area contributed by atoms with E-state index in [4.69, 9.17) is 16.7 Å². The summed E-state index contributed by atoms with van der Waals surface area (Å²) in [4.78, 5) is 11.4. The second-order valence-corrected chi connectivity index (χ2v) is 4.03. The normalized spacial score (nSPS) is 13.2. The van der Waals surface area contributed by atoms with Crippen LogP contribution in [0.25, 0.3) is 0 Å². The zero-order valence-electron chi connectivity index (χ0n) is 10.7. The molecular formula is C12H10ClF3N2O3. The predicted molar refractivity (Wildman–Crippen MR) is 68.3 cm³/mol. The number of benzene rings is 1. The van der Waals surface area contributed by atoms with Gasteiger partial charge in [0.05, 0.1) is 12.3 Å². The van der Waals surface area contributed by atoms with Crippen LogP contribution in [-0.4, -0.2) is 23.9 Å². The highest BCUT2D eigenvalue weighted by Crippen LogP contribution is 2.28. The van der Waals surface area contributed by atoms with Crippen molar-refractivity contribution in [3.05, 3.63) is 40.7 Å². The first-order valence-corrected chi connectivity index (χ1v) is 5.98. The Bertz CT molecular complexity index is 568. The molecule has 0 amide bonds. The summed E-state index contributed by atoms with van der Waals surface area (Å²) in [6.45, 7) is 1.22. The van der Waals surface area contributed by atoms with Crippen molar-refractivity contribution in [3.63, 3.8) is 0 Å². The quantitative estimate of drug-likeness (QED) is 0.388. The number of rotatable bonds is 4. The van der Waals surface area contributed by atoms with Crippen LogP contribution in [0.2, 0.25) is 5.02 Å². The number of nitrogens with zero attached hydrogens (tertiary/aromatic N) is 2. The summed E-state index contributed by atoms with van der Waals surface area (Å²) in [5.74, 6) is -3.59. The van der Waals surface area contributed by atoms with E-state index in [-0.39, 0.29) is 12.3 Å². The lowest BCUT2D eigenvalue weighted by molar-refractivity contribution is -0.143. The van der Waals surface area contributed by atoms with E-state index in [1.807, 2.05) is 0 Å². The van der Waals surface area contributed by atoms with Crippen molar-refractivity contribution >= 4 is 23.3 Å². The fourth-order valence-corrected chi connectivity index (χ4v) is 1.26. The molecule has 5 nitrogen and oxygen atoms in total. The molecular weight excluding hydrogens is 313 g/mol. The molecule has 1 aromatic carbocycles. The smallest absolute Gasteiger partial charge is 0.451 e. The van der Waals surface area contributed by atoms with Crippen molar-refractivity contribution in [3.8, 4) is 0 Å². The van der Waals surface area contributed by atoms with Gasteiger partial charge in [-0.05, 0) is 31.2 Å². The van der Waals surface area contributed by atoms with Gasteiger partial charge in [-0.25, -0.2) is 4.79 Å². The van der Waals surface area contributed by atoms with Gasteiger partial charge in [-0.2, -0.15) is 18.3 Å². The van der Waals surface area contributed by atoms with Gasteiger partial charge in [-0.1, -0.05) is 11.6 Å². The maximum atomic E-state index is 12.4. The van der Waals surface area contributed by atoms with Crippen LogP contribution in [0.15, 0.2) is 46.0 Å². The van der Waals surface area contributed by atoms with E-state index >= 15 is 0 Å². The fraction of sp³-hybridized carbons (Fsp3) is 0.250. The third-order valence-corrected chi connectivity index (χ3v) is 2.31. The number of aliphatic hydroxyl groups is 1. The van der Waals surface area contributed by atoms with Gasteiger partial charge in [0.2, 0.25) is 11.5 Å². The highest BCUT2D eigenvalue weighted by Gasteiger charge is 2.39. The number of carbonyl (C=O) groups is 1. The van der Waals surface area contributed by atoms with Gasteiger partial charge >= 0.3 is 12.1 Å². The lowest BCUT2D eigenvalue weighted by Gasteiger charge is -2.08. The van der Waals surface area contributed by atoms with Crippen LogP contribution in [0.1, 0.15) is 6.92 Å². The zero-order chi connectivity index (χ0) is 16.0. The van der Waals surface area contributed by atoms with Crippen LogP contribution in [0.4, 0.5) is 18.9 Å². The molecule has 1 N–H and O–H groups in total. The van der Waals surface area contributed by atoms with Gasteiger partial charge in [0.25, 0.3) is 0 Å². The molecule has 0 aliphatic carbocycles. The van der Waals surface area contributed by atoms with Crippen molar-refractivity contribution in [2.75, 3.05) is 6.61 Å². The summed E-state index contributed by atoms with van der Waals surface area (Å²) in [7, 11) is 0. The average Bonchev–Trinajstić information content (AvgIpc) is 2.40. The Morgan fingerprint density at radius 1 is 1.33 bits per heavy atom. The van der Waals surface area contributed by atoms with Gasteiger partial charge in [0, 0.05) is 5.02 Å². The summed E-state index contributed by atoms with van der Waals surface area (Å²) in [5.41, 5.74) is -1.17. The molecule has 0 bridgehead atoms. The molecule has 0 unspecified atom stereocenters. The molecule has 0 aromatic heterocycles. The number of allylic oxidation sites excluding steroid dienone is 1. The number of carbonyl (C=O) groups excluding carboxylic acids is 1. The minimum atomic E-state index is -5.14. The molecule has 1 rings (SSSR count). The first kappa shape index (κ1) is 17.0. The van der Waals surface area contributed by atoms with Crippen molar-refractivity contribution in [2.24, 2.45) is 10.2 Å². The molecule has 1 aromatic rings. The van der Waals surface area contributed by atoms with Gasteiger partial charge < -0.3 is 9.84 Å². The van der Waals surface area contributed by atoms with E-state index in [0.717, 1.165) is 0 Å². The number of ether oxygens (including phenoxy) is 1. The molecule has 0 atom stereocenters. The second-order valence-electron chi connectivity index (χ2n) is 3.59. The molecule has 114 valence electrons. The third-order valence-electron chi connectivity index (χ3n) is 2.05. The number of alkyl halides is 3. The monoisotopic (exact) mass is 322 g/mol. The molecule has 0 fully saturated rings. The molecule has 0 saturated carbocycles. The number of halogens is 4. The van der Waals surface area contributed by atoms with E-state index < -0.39 is 23.6 Å². The Balaban J connectivity index is 3.14. The molecule has 9 heteroatoms. The lowest BCUT2D eigenvalue weighted by Crippen LogP contribution is -2.18. The minimum Gasteiger partial charge on any atom is -0.502 e. The predicted octanol–water partition coefficient (Wildman–Crippen LogP) is 4.32. The van der Waals surface area contributed by atoms with E-state index in [0.29, 0.717) is 5.02 Å². The van der Waals surface area contributed by atoms with Gasteiger partial charge in [-0.3, -0.25) is 0 Å². The van der Waals surface area contributed by atoms with Crippen molar-refractivity contribution in [2.45, 2.75) is 13.1 Å². The number of esters is 1. The molecule has 0 saturated heterocycles. The van der Waals surface area contributed by atoms with Crippen LogP contribution in [-0.2, 0) is 9.53 Å². The second kappa shape index (κ2) is 7.07. The van der Waals surface area contributed by atoms with Gasteiger partial charge in [0.1, 0.15) is 0 Å². The number of hydrogen-bond donors (Lipinski definition) is 1. The van der Waals surface area contributed by atoms with E-state index in [9.17, 15) is 18.0 Å². The highest BCUT2D eigenvalue weighted by molar-refractivity contribution is 6.30. The van der Waals surface area contributed by atoms with Crippen LogP contribution in [0.3, 0.4) is 0 Å². The van der Waals surface area contributed by atoms with E-state index in [2.05, 4.69) is 15.0 Å². The van der Waals surface area contributed by atoms with Crippen molar-refractivity contribution in [1.29, 1.82) is 0 Å². The van der Waals surface area contributed by atoms with Gasteiger partial charge in [0.15, 0.2) is 0 Å². The van der Waals surface area contributed by atoms with Crippen molar-refractivity contribution < 1.29 is 27.8 Å². The summed E-state index contributed by atoms with van der Waals surface area (Å²) >= 11 is 5.63. The Morgan fingerprint density at radius 3 is 2.38 bits per heavy atom. The Kier molecular flexibility index (Phi) is 5.71. The molecule has 0 spiro atoms. The Morgan fingerprint density at radius 2 is 1.90 bits per heavy atom. The van der Waals surface area contributed by atoms with Crippen LogP contribution in [0, 0.1) is 0 Å². The van der Waals surface area contributed by atoms with Gasteiger partial charge in [-0.15, -0.1) is 5.11 Å². The maximum absolute atomic E-state index is 12.4. The third kappa shape index (κ3) is 5.07. The lowest BCUT2D eigenvalue weighted by atomic mass is 10.3. The molecule has 0 heterocycles. The van der Waals surface area contributed by atoms with Crippen LogP contribution < -0.4 is 0 Å². The standard InChI is InChI=1S/C12H10ClF3N2O3/c1-2-21-11(20)9(10(19)12(14,15)16)18-17-8-5-3-7(13)4-6-8/h3-6,19H,2H2,1H3/b10-9-,18-17?. The Labute approximate surface area is 122 Å². The summed E-state index contributed by atoms with van der Waals surface area (Å²) < 4.78 is 41.7. The average molecular weight is 323 g/mol. The highest BCUT2D eigenvalue weighted by atomic mass is 35.5. The zero-order valence-corrected chi connectivity index (χ0v) is 11.4. The largest absolute Gasteiger partial charge is 0.502 e. The van der Waals surface area contributed by atoms with Crippen LogP contribution in [0.5, 0.6) is 0 Å². The number of aliphatic hydroxyl groups excluding tert-OH is 1. The molecule has 21 heavy (non-hydrogen) atoms. The summed E-state index contributed by atoms with van der Waals surface area (Å²) in [5, 5.41) is 16.0.